The largest absolute Gasteiger partial charge is 0.493 e. The summed E-state index contributed by atoms with van der Waals surface area (Å²) in [5.74, 6) is 1.50. The number of ketones is 1. The van der Waals surface area contributed by atoms with Gasteiger partial charge in [0.25, 0.3) is 0 Å². The number of ether oxygens (including phenoxy) is 3. The number of methoxy groups -OCH3 is 3. The van der Waals surface area contributed by atoms with Crippen LogP contribution < -0.4 is 24.8 Å². The van der Waals surface area contributed by atoms with Crippen LogP contribution in [0.15, 0.2) is 69.5 Å². The van der Waals surface area contributed by atoms with Gasteiger partial charge in [-0.2, -0.15) is 5.26 Å². The van der Waals surface area contributed by atoms with Crippen LogP contribution in [-0.2, 0) is 10.5 Å². The molecule has 2 N–H and O–H groups in total. The predicted octanol–water partition coefficient (Wildman–Crippen LogP) is 5.80. The van der Waals surface area contributed by atoms with Crippen LogP contribution in [0.1, 0.15) is 43.7 Å². The van der Waals surface area contributed by atoms with E-state index in [1.165, 1.54) is 38.2 Å². The smallest absolute Gasteiger partial charge is 0.219 e. The SMILES string of the molecule is COc1cc(C2C(C#N)=C(N)N(c3nnc(SCc4ccccc4)s3)C3=C2C(=O)CC(C)(C)C3)cc(OC)c1OC. The monoisotopic (exact) mass is 589 g/mol. The number of allylic oxidation sites excluding steroid dienone is 3. The second-order valence-corrected chi connectivity index (χ2v) is 12.7. The lowest BCUT2D eigenvalue weighted by atomic mass is 9.68. The molecule has 1 unspecified atom stereocenters. The van der Waals surface area contributed by atoms with Gasteiger partial charge in [-0.05, 0) is 35.1 Å². The number of nitriles is 1. The van der Waals surface area contributed by atoms with Gasteiger partial charge in [-0.1, -0.05) is 67.3 Å². The number of carbonyl (C=O) groups excluding carboxylic acids is 1. The lowest BCUT2D eigenvalue weighted by Gasteiger charge is -2.42. The average Bonchev–Trinajstić information content (AvgIpc) is 3.42. The molecule has 1 aliphatic carbocycles. The molecule has 2 aliphatic rings. The highest BCUT2D eigenvalue weighted by Gasteiger charge is 2.45. The maximum Gasteiger partial charge on any atom is 0.219 e. The summed E-state index contributed by atoms with van der Waals surface area (Å²) in [5, 5.41) is 19.8. The molecule has 1 aromatic heterocycles. The summed E-state index contributed by atoms with van der Waals surface area (Å²) in [6, 6.07) is 16.0. The zero-order valence-corrected chi connectivity index (χ0v) is 25.2. The van der Waals surface area contributed by atoms with E-state index in [2.05, 4.69) is 42.2 Å². The Bertz CT molecular complexity index is 1560. The highest BCUT2D eigenvalue weighted by molar-refractivity contribution is 8.00. The number of carbonyl (C=O) groups is 1. The van der Waals surface area contributed by atoms with E-state index in [4.69, 9.17) is 19.9 Å². The van der Waals surface area contributed by atoms with Crippen molar-refractivity contribution in [2.75, 3.05) is 26.2 Å². The Kier molecular flexibility index (Phi) is 7.98. The number of aromatic nitrogens is 2. The number of benzene rings is 2. The highest BCUT2D eigenvalue weighted by Crippen LogP contribution is 2.52. The van der Waals surface area contributed by atoms with Gasteiger partial charge in [-0.25, -0.2) is 0 Å². The topological polar surface area (TPSA) is 124 Å². The van der Waals surface area contributed by atoms with Gasteiger partial charge in [0.1, 0.15) is 5.82 Å². The van der Waals surface area contributed by atoms with E-state index in [9.17, 15) is 10.1 Å². The molecule has 0 bridgehead atoms. The molecule has 5 rings (SSSR count). The number of anilines is 1. The van der Waals surface area contributed by atoms with Crippen molar-refractivity contribution in [2.45, 2.75) is 42.7 Å². The van der Waals surface area contributed by atoms with Gasteiger partial charge in [0.05, 0.1) is 38.9 Å². The Hall–Kier alpha value is -4.01. The first kappa shape index (κ1) is 28.5. The summed E-state index contributed by atoms with van der Waals surface area (Å²) in [7, 11) is 4.58. The number of nitrogens with zero attached hydrogens (tertiary/aromatic N) is 4. The standard InChI is InChI=1S/C30H31N5O4S2/c1-30(2)13-20-25(21(36)14-30)24(18-11-22(37-3)26(39-5)23(12-18)38-4)19(15-31)27(32)35(20)28-33-34-29(41-28)40-16-17-9-7-6-8-10-17/h6-12,24H,13-14,16,32H2,1-5H3. The van der Waals surface area contributed by atoms with E-state index >= 15 is 0 Å². The minimum Gasteiger partial charge on any atom is -0.493 e. The van der Waals surface area contributed by atoms with E-state index in [0.717, 1.165) is 15.8 Å². The normalized spacial score (nSPS) is 18.2. The van der Waals surface area contributed by atoms with Crippen LogP contribution in [0.5, 0.6) is 17.2 Å². The van der Waals surface area contributed by atoms with Crippen molar-refractivity contribution >= 4 is 34.0 Å². The zero-order valence-electron chi connectivity index (χ0n) is 23.6. The van der Waals surface area contributed by atoms with Crippen molar-refractivity contribution < 1.29 is 19.0 Å². The molecule has 41 heavy (non-hydrogen) atoms. The third-order valence-electron chi connectivity index (χ3n) is 7.19. The van der Waals surface area contributed by atoms with E-state index in [1.54, 1.807) is 28.8 Å². The Morgan fingerprint density at radius 3 is 2.39 bits per heavy atom. The van der Waals surface area contributed by atoms with E-state index in [0.29, 0.717) is 46.4 Å². The van der Waals surface area contributed by atoms with E-state index in [1.807, 2.05) is 18.2 Å². The Morgan fingerprint density at radius 1 is 1.10 bits per heavy atom. The highest BCUT2D eigenvalue weighted by atomic mass is 32.2. The Balaban J connectivity index is 1.63. The number of Topliss-reactive ketones (excluding diaryl/α,β-unsaturated/α-hetero) is 1. The molecule has 0 saturated heterocycles. The molecular formula is C30H31N5O4S2. The maximum atomic E-state index is 13.9. The molecule has 0 spiro atoms. The van der Waals surface area contributed by atoms with Crippen LogP contribution in [-0.4, -0.2) is 37.3 Å². The number of hydrogen-bond acceptors (Lipinski definition) is 11. The summed E-state index contributed by atoms with van der Waals surface area (Å²) in [6.07, 6.45) is 0.911. The van der Waals surface area contributed by atoms with Crippen molar-refractivity contribution in [3.05, 3.63) is 76.3 Å². The molecule has 3 aromatic rings. The van der Waals surface area contributed by atoms with Crippen molar-refractivity contribution in [1.82, 2.24) is 10.2 Å². The average molecular weight is 590 g/mol. The fourth-order valence-corrected chi connectivity index (χ4v) is 7.24. The lowest BCUT2D eigenvalue weighted by molar-refractivity contribution is -0.118. The number of rotatable bonds is 8. The first-order chi connectivity index (χ1) is 19.7. The predicted molar refractivity (Wildman–Crippen MR) is 159 cm³/mol. The Labute approximate surface area is 247 Å². The van der Waals surface area contributed by atoms with Gasteiger partial charge in [-0.3, -0.25) is 9.69 Å². The summed E-state index contributed by atoms with van der Waals surface area (Å²) in [4.78, 5) is 15.6. The number of hydrogen-bond donors (Lipinski definition) is 1. The fourth-order valence-electron chi connectivity index (χ4n) is 5.40. The van der Waals surface area contributed by atoms with E-state index in [-0.39, 0.29) is 22.6 Å². The third kappa shape index (κ3) is 5.37. The third-order valence-corrected chi connectivity index (χ3v) is 9.31. The van der Waals surface area contributed by atoms with Crippen molar-refractivity contribution in [3.63, 3.8) is 0 Å². The second-order valence-electron chi connectivity index (χ2n) is 10.6. The fraction of sp³-hybridized carbons (Fsp3) is 0.333. The molecule has 2 aromatic carbocycles. The first-order valence-corrected chi connectivity index (χ1v) is 14.8. The quantitative estimate of drug-likeness (QED) is 0.323. The summed E-state index contributed by atoms with van der Waals surface area (Å²) in [6.45, 7) is 4.12. The second kappa shape index (κ2) is 11.5. The molecular weight excluding hydrogens is 558 g/mol. The maximum absolute atomic E-state index is 13.9. The van der Waals surface area contributed by atoms with Gasteiger partial charge < -0.3 is 19.9 Å². The van der Waals surface area contributed by atoms with Gasteiger partial charge in [-0.15, -0.1) is 10.2 Å². The summed E-state index contributed by atoms with van der Waals surface area (Å²) < 4.78 is 17.4. The van der Waals surface area contributed by atoms with Gasteiger partial charge in [0.2, 0.25) is 10.9 Å². The number of nitrogens with two attached hydrogens (primary N) is 1. The minimum atomic E-state index is -0.705. The molecule has 11 heteroatoms. The molecule has 0 radical (unpaired) electrons. The molecule has 0 saturated carbocycles. The zero-order chi connectivity index (χ0) is 29.3. The van der Waals surface area contributed by atoms with Crippen LogP contribution in [0.4, 0.5) is 5.13 Å². The van der Waals surface area contributed by atoms with E-state index < -0.39 is 5.92 Å². The summed E-state index contributed by atoms with van der Waals surface area (Å²) >= 11 is 2.97. The summed E-state index contributed by atoms with van der Waals surface area (Å²) in [5.41, 5.74) is 9.81. The lowest BCUT2D eigenvalue weighted by Crippen LogP contribution is -2.42. The van der Waals surface area contributed by atoms with Crippen molar-refractivity contribution in [2.24, 2.45) is 11.1 Å². The van der Waals surface area contributed by atoms with Crippen LogP contribution in [0, 0.1) is 16.7 Å². The van der Waals surface area contributed by atoms with Crippen LogP contribution in [0.25, 0.3) is 0 Å². The van der Waals surface area contributed by atoms with Crippen molar-refractivity contribution in [3.8, 4) is 23.3 Å². The molecule has 2 heterocycles. The van der Waals surface area contributed by atoms with Gasteiger partial charge >= 0.3 is 0 Å². The molecule has 0 amide bonds. The molecule has 1 aliphatic heterocycles. The molecule has 9 nitrogen and oxygen atoms in total. The van der Waals surface area contributed by atoms with Crippen LogP contribution in [0.3, 0.4) is 0 Å². The van der Waals surface area contributed by atoms with Crippen molar-refractivity contribution in [1.29, 1.82) is 5.26 Å². The number of thioether (sulfide) groups is 1. The molecule has 212 valence electrons. The van der Waals surface area contributed by atoms with Crippen LogP contribution in [0.2, 0.25) is 0 Å². The van der Waals surface area contributed by atoms with Crippen LogP contribution >= 0.6 is 23.1 Å². The molecule has 1 atom stereocenters. The van der Waals surface area contributed by atoms with Gasteiger partial charge in [0, 0.05) is 23.4 Å². The first-order valence-electron chi connectivity index (χ1n) is 13.0. The molecule has 0 fully saturated rings. The van der Waals surface area contributed by atoms with Gasteiger partial charge in [0.15, 0.2) is 21.6 Å². The minimum absolute atomic E-state index is 0.0385. The Morgan fingerprint density at radius 2 is 1.78 bits per heavy atom.